The highest BCUT2D eigenvalue weighted by molar-refractivity contribution is 7.16. The molecule has 0 fully saturated rings. The van der Waals surface area contributed by atoms with E-state index in [2.05, 4.69) is 11.4 Å². The number of carbonyl (C=O) groups excluding carboxylic acids is 1. The Balaban J connectivity index is 1.79. The predicted molar refractivity (Wildman–Crippen MR) is 94.1 cm³/mol. The molecule has 0 unspecified atom stereocenters. The number of nitrogens with one attached hydrogen (secondary N) is 1. The van der Waals surface area contributed by atoms with Gasteiger partial charge in [-0.25, -0.2) is 0 Å². The number of anilines is 1. The first-order valence-corrected chi connectivity index (χ1v) is 8.61. The number of nitrogens with zero attached hydrogens (tertiary/aromatic N) is 2. The van der Waals surface area contributed by atoms with Crippen LogP contribution in [-0.2, 0) is 24.3 Å². The van der Waals surface area contributed by atoms with Gasteiger partial charge in [0.25, 0.3) is 0 Å². The van der Waals surface area contributed by atoms with Gasteiger partial charge in [0.2, 0.25) is 5.91 Å². The molecular weight excluding hydrogens is 322 g/mol. The molecule has 1 aliphatic heterocycles. The first-order valence-electron chi connectivity index (χ1n) is 7.79. The lowest BCUT2D eigenvalue weighted by Gasteiger charge is -2.25. The number of thiophene rings is 1. The molecule has 124 valence electrons. The van der Waals surface area contributed by atoms with Crippen LogP contribution in [0.3, 0.4) is 0 Å². The van der Waals surface area contributed by atoms with Crippen molar-refractivity contribution in [2.24, 2.45) is 0 Å². The van der Waals surface area contributed by atoms with Gasteiger partial charge in [-0.3, -0.25) is 4.79 Å². The summed E-state index contributed by atoms with van der Waals surface area (Å²) in [5.74, 6) is 0.899. The van der Waals surface area contributed by atoms with Gasteiger partial charge < -0.3 is 15.0 Å². The summed E-state index contributed by atoms with van der Waals surface area (Å²) in [6.45, 7) is 3.50. The van der Waals surface area contributed by atoms with E-state index in [-0.39, 0.29) is 5.91 Å². The van der Waals surface area contributed by atoms with E-state index in [9.17, 15) is 10.1 Å². The van der Waals surface area contributed by atoms with Crippen LogP contribution in [0, 0.1) is 11.3 Å². The molecule has 0 aliphatic carbocycles. The number of methoxy groups -OCH3 is 1. The zero-order valence-corrected chi connectivity index (χ0v) is 14.6. The van der Waals surface area contributed by atoms with Gasteiger partial charge in [0.05, 0.1) is 19.2 Å². The monoisotopic (exact) mass is 341 g/mol. The van der Waals surface area contributed by atoms with Crippen molar-refractivity contribution >= 4 is 22.2 Å². The lowest BCUT2D eigenvalue weighted by atomic mass is 10.0. The average molecular weight is 341 g/mol. The summed E-state index contributed by atoms with van der Waals surface area (Å²) in [4.78, 5) is 14.5. The number of ether oxygens (including phenoxy) is 1. The minimum Gasteiger partial charge on any atom is -0.497 e. The summed E-state index contributed by atoms with van der Waals surface area (Å²) in [6.07, 6.45) is 0.745. The second-order valence-electron chi connectivity index (χ2n) is 5.72. The summed E-state index contributed by atoms with van der Waals surface area (Å²) in [7, 11) is 1.65. The topological polar surface area (TPSA) is 65.4 Å². The fourth-order valence-electron chi connectivity index (χ4n) is 2.88. The third-order valence-corrected chi connectivity index (χ3v) is 5.38. The molecule has 0 radical (unpaired) electrons. The van der Waals surface area contributed by atoms with Gasteiger partial charge in [-0.15, -0.1) is 11.3 Å². The van der Waals surface area contributed by atoms with E-state index < -0.39 is 0 Å². The van der Waals surface area contributed by atoms with Crippen molar-refractivity contribution in [3.63, 3.8) is 0 Å². The Morgan fingerprint density at radius 3 is 3.04 bits per heavy atom. The summed E-state index contributed by atoms with van der Waals surface area (Å²) in [5.41, 5.74) is 2.91. The quantitative estimate of drug-likeness (QED) is 0.928. The average Bonchev–Trinajstić information content (AvgIpc) is 2.96. The standard InChI is InChI=1S/C18H19N3O2S/c1-12(22)21-7-6-15-16(9-19)18(24-17(15)11-21)20-10-13-4-3-5-14(8-13)23-2/h3-5,8,20H,6-7,10-11H2,1-2H3. The normalized spacial score (nSPS) is 13.1. The van der Waals surface area contributed by atoms with Crippen molar-refractivity contribution in [3.05, 3.63) is 45.8 Å². The second-order valence-corrected chi connectivity index (χ2v) is 6.82. The molecule has 1 aliphatic rings. The summed E-state index contributed by atoms with van der Waals surface area (Å²) in [6, 6.07) is 10.2. The third-order valence-electron chi connectivity index (χ3n) is 4.20. The number of carbonyl (C=O) groups is 1. The highest BCUT2D eigenvalue weighted by Crippen LogP contribution is 2.36. The van der Waals surface area contributed by atoms with Gasteiger partial charge in [0, 0.05) is 24.9 Å². The van der Waals surface area contributed by atoms with Crippen LogP contribution in [0.15, 0.2) is 24.3 Å². The van der Waals surface area contributed by atoms with Crippen LogP contribution in [0.2, 0.25) is 0 Å². The predicted octanol–water partition coefficient (Wildman–Crippen LogP) is 3.15. The molecule has 2 aromatic rings. The van der Waals surface area contributed by atoms with Crippen LogP contribution >= 0.6 is 11.3 Å². The molecule has 0 saturated heterocycles. The van der Waals surface area contributed by atoms with Crippen molar-refractivity contribution in [1.82, 2.24) is 4.90 Å². The fraction of sp³-hybridized carbons (Fsp3) is 0.333. The van der Waals surface area contributed by atoms with Gasteiger partial charge >= 0.3 is 0 Å². The van der Waals surface area contributed by atoms with Crippen molar-refractivity contribution in [2.75, 3.05) is 19.0 Å². The minimum absolute atomic E-state index is 0.0819. The molecule has 5 nitrogen and oxygen atoms in total. The zero-order chi connectivity index (χ0) is 17.1. The Kier molecular flexibility index (Phi) is 4.72. The van der Waals surface area contributed by atoms with E-state index in [1.54, 1.807) is 25.4 Å². The van der Waals surface area contributed by atoms with Crippen LogP contribution in [0.25, 0.3) is 0 Å². The number of rotatable bonds is 4. The Morgan fingerprint density at radius 2 is 2.33 bits per heavy atom. The first kappa shape index (κ1) is 16.3. The summed E-state index contributed by atoms with van der Waals surface area (Å²) < 4.78 is 5.24. The maximum Gasteiger partial charge on any atom is 0.219 e. The fourth-order valence-corrected chi connectivity index (χ4v) is 4.09. The molecule has 1 aromatic heterocycles. The van der Waals surface area contributed by atoms with Crippen LogP contribution < -0.4 is 10.1 Å². The smallest absolute Gasteiger partial charge is 0.219 e. The van der Waals surface area contributed by atoms with Crippen LogP contribution in [0.4, 0.5) is 5.00 Å². The number of benzene rings is 1. The van der Waals surface area contributed by atoms with Crippen molar-refractivity contribution in [1.29, 1.82) is 5.26 Å². The molecule has 2 heterocycles. The molecule has 1 aromatic carbocycles. The molecule has 0 bridgehead atoms. The lowest BCUT2D eigenvalue weighted by molar-refractivity contribution is -0.129. The van der Waals surface area contributed by atoms with Gasteiger partial charge in [0.15, 0.2) is 0 Å². The maximum absolute atomic E-state index is 11.6. The van der Waals surface area contributed by atoms with Crippen LogP contribution in [-0.4, -0.2) is 24.5 Å². The minimum atomic E-state index is 0.0819. The second kappa shape index (κ2) is 6.93. The van der Waals surface area contributed by atoms with Gasteiger partial charge in [-0.05, 0) is 29.7 Å². The van der Waals surface area contributed by atoms with Gasteiger partial charge in [0.1, 0.15) is 16.8 Å². The van der Waals surface area contributed by atoms with Crippen molar-refractivity contribution < 1.29 is 9.53 Å². The van der Waals surface area contributed by atoms with Gasteiger partial charge in [-0.1, -0.05) is 12.1 Å². The van der Waals surface area contributed by atoms with Crippen molar-refractivity contribution in [3.8, 4) is 11.8 Å². The van der Waals surface area contributed by atoms with E-state index in [0.717, 1.165) is 38.7 Å². The van der Waals surface area contributed by atoms with Crippen LogP contribution in [0.5, 0.6) is 5.75 Å². The molecule has 1 amide bonds. The molecule has 0 saturated carbocycles. The number of amides is 1. The molecule has 6 heteroatoms. The zero-order valence-electron chi connectivity index (χ0n) is 13.8. The maximum atomic E-state index is 11.6. The number of nitriles is 1. The van der Waals surface area contributed by atoms with E-state index in [4.69, 9.17) is 4.74 Å². The molecule has 3 rings (SSSR count). The molecule has 0 atom stereocenters. The van der Waals surface area contributed by atoms with Crippen LogP contribution in [0.1, 0.15) is 28.5 Å². The molecule has 0 spiro atoms. The van der Waals surface area contributed by atoms with E-state index in [1.165, 1.54) is 0 Å². The SMILES string of the molecule is COc1cccc(CNc2sc3c(c2C#N)CCN(C(C)=O)C3)c1. The number of hydrogen-bond donors (Lipinski definition) is 1. The Morgan fingerprint density at radius 1 is 1.50 bits per heavy atom. The first-order chi connectivity index (χ1) is 11.6. The Labute approximate surface area is 145 Å². The third kappa shape index (κ3) is 3.22. The summed E-state index contributed by atoms with van der Waals surface area (Å²) >= 11 is 1.58. The molecule has 1 N–H and O–H groups in total. The highest BCUT2D eigenvalue weighted by Gasteiger charge is 2.25. The van der Waals surface area contributed by atoms with Crippen molar-refractivity contribution in [2.45, 2.75) is 26.4 Å². The number of fused-ring (bicyclic) bond motifs is 1. The van der Waals surface area contributed by atoms with E-state index in [1.807, 2.05) is 29.2 Å². The number of hydrogen-bond acceptors (Lipinski definition) is 5. The largest absolute Gasteiger partial charge is 0.497 e. The molecule has 24 heavy (non-hydrogen) atoms. The Hall–Kier alpha value is -2.52. The van der Waals surface area contributed by atoms with E-state index >= 15 is 0 Å². The lowest BCUT2D eigenvalue weighted by Crippen LogP contribution is -2.33. The van der Waals surface area contributed by atoms with E-state index in [0.29, 0.717) is 19.6 Å². The van der Waals surface area contributed by atoms with Gasteiger partial charge in [-0.2, -0.15) is 5.26 Å². The summed E-state index contributed by atoms with van der Waals surface area (Å²) in [5, 5.41) is 13.8. The Bertz CT molecular complexity index is 807. The molecular formula is C18H19N3O2S. The highest BCUT2D eigenvalue weighted by atomic mass is 32.1.